The summed E-state index contributed by atoms with van der Waals surface area (Å²) in [4.78, 5) is 0. The summed E-state index contributed by atoms with van der Waals surface area (Å²) in [5.41, 5.74) is 6.85. The average molecular weight is 333 g/mol. The van der Waals surface area contributed by atoms with Gasteiger partial charge >= 0.3 is 0 Å². The molecule has 5 nitrogen and oxygen atoms in total. The van der Waals surface area contributed by atoms with Crippen molar-refractivity contribution < 1.29 is 13.2 Å². The summed E-state index contributed by atoms with van der Waals surface area (Å²) in [6, 6.07) is 5.10. The maximum absolute atomic E-state index is 12.2. The molecule has 0 spiro atoms. The summed E-state index contributed by atoms with van der Waals surface area (Å²) in [6.45, 7) is 3.93. The SMILES string of the molecule is CC1(C)CC(NS(=O)(=O)C2CC2)c2cc(N)ccc2O1.Cl. The molecule has 0 bridgehead atoms. The highest BCUT2D eigenvalue weighted by Gasteiger charge is 2.41. The first kappa shape index (κ1) is 16.4. The average Bonchev–Trinajstić information content (AvgIpc) is 3.12. The van der Waals surface area contributed by atoms with E-state index in [-0.39, 0.29) is 23.7 Å². The second-order valence-electron chi connectivity index (χ2n) is 6.28. The van der Waals surface area contributed by atoms with Gasteiger partial charge < -0.3 is 10.5 Å². The standard InChI is InChI=1S/C14H20N2O3S.ClH/c1-14(2)8-12(16-20(17,18)10-4-5-10)11-7-9(15)3-6-13(11)19-14;/h3,6-7,10,12,16H,4-5,8,15H2,1-2H3;1H. The van der Waals surface area contributed by atoms with Crippen molar-refractivity contribution in [2.24, 2.45) is 0 Å². The Morgan fingerprint density at radius 2 is 2.00 bits per heavy atom. The van der Waals surface area contributed by atoms with Crippen LogP contribution in [0.1, 0.15) is 44.7 Å². The largest absolute Gasteiger partial charge is 0.487 e. The second kappa shape index (κ2) is 5.34. The van der Waals surface area contributed by atoms with E-state index in [1.807, 2.05) is 19.9 Å². The third-order valence-electron chi connectivity index (χ3n) is 3.76. The molecule has 1 aliphatic carbocycles. The Hall–Kier alpha value is -0.980. The number of hydrogen-bond acceptors (Lipinski definition) is 4. The van der Waals surface area contributed by atoms with Crippen molar-refractivity contribution in [1.29, 1.82) is 0 Å². The molecule has 0 amide bonds. The van der Waals surface area contributed by atoms with Crippen LogP contribution in [0.3, 0.4) is 0 Å². The highest BCUT2D eigenvalue weighted by atomic mass is 35.5. The molecule has 1 fully saturated rings. The number of nitrogen functional groups attached to an aromatic ring is 1. The Morgan fingerprint density at radius 3 is 2.62 bits per heavy atom. The van der Waals surface area contributed by atoms with Gasteiger partial charge in [-0.1, -0.05) is 0 Å². The van der Waals surface area contributed by atoms with E-state index in [2.05, 4.69) is 4.72 Å². The van der Waals surface area contributed by atoms with Crippen LogP contribution in [0.15, 0.2) is 18.2 Å². The first-order valence-corrected chi connectivity index (χ1v) is 8.41. The van der Waals surface area contributed by atoms with Crippen LogP contribution in [0, 0.1) is 0 Å². The molecule has 118 valence electrons. The maximum Gasteiger partial charge on any atom is 0.215 e. The quantitative estimate of drug-likeness (QED) is 0.833. The van der Waals surface area contributed by atoms with E-state index < -0.39 is 15.6 Å². The Morgan fingerprint density at radius 1 is 1.33 bits per heavy atom. The van der Waals surface area contributed by atoms with Crippen LogP contribution < -0.4 is 15.2 Å². The molecule has 1 aromatic carbocycles. The van der Waals surface area contributed by atoms with E-state index in [1.165, 1.54) is 0 Å². The van der Waals surface area contributed by atoms with Gasteiger partial charge in [0, 0.05) is 17.7 Å². The molecule has 3 rings (SSSR count). The monoisotopic (exact) mass is 332 g/mol. The molecular weight excluding hydrogens is 312 g/mol. The van der Waals surface area contributed by atoms with Crippen molar-refractivity contribution in [3.05, 3.63) is 23.8 Å². The van der Waals surface area contributed by atoms with Gasteiger partial charge in [-0.25, -0.2) is 13.1 Å². The van der Waals surface area contributed by atoms with Crippen LogP contribution in [0.25, 0.3) is 0 Å². The minimum absolute atomic E-state index is 0. The topological polar surface area (TPSA) is 81.4 Å². The second-order valence-corrected chi connectivity index (χ2v) is 8.27. The fourth-order valence-corrected chi connectivity index (χ4v) is 4.21. The number of benzene rings is 1. The normalized spacial score (nSPS) is 23.6. The van der Waals surface area contributed by atoms with Gasteiger partial charge in [-0.15, -0.1) is 12.4 Å². The van der Waals surface area contributed by atoms with Gasteiger partial charge in [0.25, 0.3) is 0 Å². The zero-order valence-corrected chi connectivity index (χ0v) is 13.8. The zero-order chi connectivity index (χ0) is 14.5. The highest BCUT2D eigenvalue weighted by Crippen LogP contribution is 2.41. The predicted octanol–water partition coefficient (Wildman–Crippen LogP) is 2.37. The van der Waals surface area contributed by atoms with Gasteiger partial charge in [-0.05, 0) is 44.9 Å². The molecule has 1 unspecified atom stereocenters. The van der Waals surface area contributed by atoms with Crippen molar-refractivity contribution in [2.75, 3.05) is 5.73 Å². The third kappa shape index (κ3) is 3.44. The Kier molecular flexibility index (Phi) is 4.17. The molecule has 1 saturated carbocycles. The van der Waals surface area contributed by atoms with Crippen LogP contribution in [-0.2, 0) is 10.0 Å². The summed E-state index contributed by atoms with van der Waals surface area (Å²) in [6.07, 6.45) is 2.10. The van der Waals surface area contributed by atoms with Gasteiger partial charge in [0.2, 0.25) is 10.0 Å². The van der Waals surface area contributed by atoms with E-state index in [0.29, 0.717) is 17.9 Å². The van der Waals surface area contributed by atoms with Crippen LogP contribution in [0.5, 0.6) is 5.75 Å². The van der Waals surface area contributed by atoms with Crippen molar-refractivity contribution in [1.82, 2.24) is 4.72 Å². The highest BCUT2D eigenvalue weighted by molar-refractivity contribution is 7.90. The van der Waals surface area contributed by atoms with Crippen LogP contribution in [0.2, 0.25) is 0 Å². The molecule has 0 saturated heterocycles. The van der Waals surface area contributed by atoms with Crippen LogP contribution in [0.4, 0.5) is 5.69 Å². The van der Waals surface area contributed by atoms with Gasteiger partial charge in [0.05, 0.1) is 11.3 Å². The number of rotatable bonds is 3. The van der Waals surface area contributed by atoms with Crippen LogP contribution >= 0.6 is 12.4 Å². The van der Waals surface area contributed by atoms with Crippen molar-refractivity contribution >= 4 is 28.1 Å². The number of hydrogen-bond donors (Lipinski definition) is 2. The number of anilines is 1. The minimum atomic E-state index is -3.24. The van der Waals surface area contributed by atoms with E-state index in [4.69, 9.17) is 10.5 Å². The third-order valence-corrected chi connectivity index (χ3v) is 5.72. The maximum atomic E-state index is 12.2. The van der Waals surface area contributed by atoms with E-state index in [9.17, 15) is 8.42 Å². The van der Waals surface area contributed by atoms with E-state index >= 15 is 0 Å². The number of ether oxygens (including phenoxy) is 1. The molecule has 1 aliphatic heterocycles. The Labute approximate surface area is 131 Å². The zero-order valence-electron chi connectivity index (χ0n) is 12.1. The Balaban J connectivity index is 0.00000161. The fourth-order valence-electron chi connectivity index (χ4n) is 2.65. The first-order chi connectivity index (χ1) is 9.27. The van der Waals surface area contributed by atoms with E-state index in [0.717, 1.165) is 18.4 Å². The number of sulfonamides is 1. The number of fused-ring (bicyclic) bond motifs is 1. The lowest BCUT2D eigenvalue weighted by molar-refractivity contribution is 0.0702. The predicted molar refractivity (Wildman–Crippen MR) is 85.2 cm³/mol. The van der Waals surface area contributed by atoms with Crippen molar-refractivity contribution in [3.8, 4) is 5.75 Å². The van der Waals surface area contributed by atoms with Gasteiger partial charge in [0.15, 0.2) is 0 Å². The Bertz CT molecular complexity index is 642. The molecule has 3 N–H and O–H groups in total. The molecule has 0 aromatic heterocycles. The molecule has 1 atom stereocenters. The molecule has 1 heterocycles. The fraction of sp³-hybridized carbons (Fsp3) is 0.571. The minimum Gasteiger partial charge on any atom is -0.487 e. The first-order valence-electron chi connectivity index (χ1n) is 6.86. The lowest BCUT2D eigenvalue weighted by Gasteiger charge is -2.37. The molecule has 0 radical (unpaired) electrons. The summed E-state index contributed by atoms with van der Waals surface area (Å²) in [5.74, 6) is 0.707. The van der Waals surface area contributed by atoms with Gasteiger partial charge in [-0.3, -0.25) is 0 Å². The lowest BCUT2D eigenvalue weighted by Crippen LogP contribution is -2.42. The van der Waals surface area contributed by atoms with E-state index in [1.54, 1.807) is 12.1 Å². The smallest absolute Gasteiger partial charge is 0.215 e. The summed E-state index contributed by atoms with van der Waals surface area (Å²) in [5, 5.41) is -0.224. The lowest BCUT2D eigenvalue weighted by atomic mass is 9.90. The summed E-state index contributed by atoms with van der Waals surface area (Å²) < 4.78 is 33.1. The van der Waals surface area contributed by atoms with Gasteiger partial charge in [0.1, 0.15) is 11.4 Å². The summed E-state index contributed by atoms with van der Waals surface area (Å²) in [7, 11) is -3.24. The van der Waals surface area contributed by atoms with Gasteiger partial charge in [-0.2, -0.15) is 0 Å². The molecule has 7 heteroatoms. The number of halogens is 1. The van der Waals surface area contributed by atoms with Crippen molar-refractivity contribution in [3.63, 3.8) is 0 Å². The summed E-state index contributed by atoms with van der Waals surface area (Å²) >= 11 is 0. The molecule has 2 aliphatic rings. The molecular formula is C14H21ClN2O3S. The number of nitrogens with two attached hydrogens (primary N) is 1. The van der Waals surface area contributed by atoms with Crippen LogP contribution in [-0.4, -0.2) is 19.3 Å². The van der Waals surface area contributed by atoms with Crippen molar-refractivity contribution in [2.45, 2.75) is 50.0 Å². The number of nitrogens with one attached hydrogen (secondary N) is 1. The molecule has 21 heavy (non-hydrogen) atoms. The molecule has 1 aromatic rings.